The van der Waals surface area contributed by atoms with Gasteiger partial charge in [-0.25, -0.2) is 13.8 Å². The first kappa shape index (κ1) is 49.4. The van der Waals surface area contributed by atoms with Gasteiger partial charge in [-0.05, 0) is 68.8 Å². The van der Waals surface area contributed by atoms with E-state index in [0.717, 1.165) is 61.3 Å². The molecule has 4 nitrogen and oxygen atoms in total. The van der Waals surface area contributed by atoms with Crippen molar-refractivity contribution in [1.82, 2.24) is 14.5 Å². The van der Waals surface area contributed by atoms with Crippen LogP contribution in [0.4, 0.5) is 8.78 Å². The minimum Gasteiger partial charge on any atom is -0.507 e. The molecule has 8 rings (SSSR count). The number of phenols is 1. The van der Waals surface area contributed by atoms with Crippen LogP contribution in [0.5, 0.6) is 5.75 Å². The van der Waals surface area contributed by atoms with Crippen LogP contribution in [0.1, 0.15) is 84.6 Å². The summed E-state index contributed by atoms with van der Waals surface area (Å²) in [6.07, 6.45) is 1.85. The van der Waals surface area contributed by atoms with Gasteiger partial charge in [0.15, 0.2) is 0 Å². The second-order valence-electron chi connectivity index (χ2n) is 22.1. The van der Waals surface area contributed by atoms with Crippen LogP contribution < -0.4 is 0 Å². The minimum absolute atomic E-state index is 0. The minimum atomic E-state index is -3.03. The molecule has 6 aromatic carbocycles. The SMILES string of the molecule is CC(C)(C)c1cc(-c2cc(-c3ccccc3)ccn2)[c-]c(-c2cccc3c2nc(-c2cc(C(C)(C)C)cc(C(C)(C)C)c2O)n3-c2ccc(C(F)(F)C[Si](C)(C)C)cc2-c2ccccc2)c1.[Pt]. The van der Waals surface area contributed by atoms with Gasteiger partial charge in [-0.1, -0.05) is 184 Å². The van der Waals surface area contributed by atoms with Crippen LogP contribution in [0, 0.1) is 6.07 Å². The molecule has 2 heterocycles. The second-order valence-corrected chi connectivity index (χ2v) is 27.6. The molecule has 0 atom stereocenters. The van der Waals surface area contributed by atoms with Crippen LogP contribution in [0.15, 0.2) is 140 Å². The summed E-state index contributed by atoms with van der Waals surface area (Å²) in [4.78, 5) is 10.4. The summed E-state index contributed by atoms with van der Waals surface area (Å²) in [5, 5.41) is 12.5. The average molecular weight is 1090 g/mol. The van der Waals surface area contributed by atoms with E-state index in [0.29, 0.717) is 28.2 Å². The molecule has 0 radical (unpaired) electrons. The number of fused-ring (bicyclic) bond motifs is 1. The van der Waals surface area contributed by atoms with Gasteiger partial charge in [0.05, 0.1) is 30.4 Å². The van der Waals surface area contributed by atoms with E-state index in [4.69, 9.17) is 9.97 Å². The molecule has 0 spiro atoms. The number of pyridine rings is 1. The number of halogens is 2. The molecule has 8 aromatic rings. The fourth-order valence-corrected chi connectivity index (χ4v) is 10.3. The predicted octanol–water partition coefficient (Wildman–Crippen LogP) is 16.6. The number of phenolic OH excluding ortho intramolecular Hbond substituents is 1. The number of rotatable bonds is 9. The Hall–Kier alpha value is -5.49. The molecule has 348 valence electrons. The van der Waals surface area contributed by atoms with Gasteiger partial charge in [0.25, 0.3) is 5.92 Å². The van der Waals surface area contributed by atoms with Crippen molar-refractivity contribution in [2.75, 3.05) is 0 Å². The molecule has 0 aliphatic carbocycles. The molecular formula is C59H62F2N3OPtSi-. The monoisotopic (exact) mass is 1090 g/mol. The average Bonchev–Trinajstić information content (AvgIpc) is 3.64. The number of hydrogen-bond donors (Lipinski definition) is 1. The van der Waals surface area contributed by atoms with Crippen LogP contribution >= 0.6 is 0 Å². The van der Waals surface area contributed by atoms with Crippen molar-refractivity contribution in [2.45, 2.75) is 110 Å². The number of alkyl halides is 2. The molecular weight excluding hydrogens is 1030 g/mol. The summed E-state index contributed by atoms with van der Waals surface area (Å²) in [7, 11) is -2.18. The van der Waals surface area contributed by atoms with Gasteiger partial charge in [0, 0.05) is 55.7 Å². The van der Waals surface area contributed by atoms with Gasteiger partial charge >= 0.3 is 0 Å². The Bertz CT molecular complexity index is 3080. The fraction of sp³-hybridized carbons (Fsp3) is 0.288. The Morgan fingerprint density at radius 3 is 1.79 bits per heavy atom. The molecule has 0 bridgehead atoms. The van der Waals surface area contributed by atoms with E-state index in [1.54, 1.807) is 12.1 Å². The Morgan fingerprint density at radius 1 is 0.582 bits per heavy atom. The number of hydrogen-bond acceptors (Lipinski definition) is 3. The summed E-state index contributed by atoms with van der Waals surface area (Å²) in [5.74, 6) is -2.38. The zero-order valence-electron chi connectivity index (χ0n) is 40.8. The van der Waals surface area contributed by atoms with E-state index < -0.39 is 19.4 Å². The van der Waals surface area contributed by atoms with Gasteiger partial charge < -0.3 is 5.11 Å². The van der Waals surface area contributed by atoms with Gasteiger partial charge in [0.2, 0.25) is 0 Å². The van der Waals surface area contributed by atoms with Crippen molar-refractivity contribution in [2.24, 2.45) is 0 Å². The van der Waals surface area contributed by atoms with Crippen LogP contribution in [-0.4, -0.2) is 27.7 Å². The molecule has 0 saturated heterocycles. The molecule has 2 aromatic heterocycles. The summed E-state index contributed by atoms with van der Waals surface area (Å²) in [5.41, 5.74) is 11.7. The number of para-hydroxylation sites is 1. The Morgan fingerprint density at radius 2 is 1.18 bits per heavy atom. The molecule has 0 aliphatic heterocycles. The summed E-state index contributed by atoms with van der Waals surface area (Å²) in [6.45, 7) is 25.4. The van der Waals surface area contributed by atoms with Crippen molar-refractivity contribution in [3.05, 3.63) is 168 Å². The first-order valence-corrected chi connectivity index (χ1v) is 26.7. The normalized spacial score (nSPS) is 12.6. The van der Waals surface area contributed by atoms with Crippen molar-refractivity contribution < 1.29 is 35.0 Å². The predicted molar refractivity (Wildman–Crippen MR) is 275 cm³/mol. The molecule has 0 aliphatic rings. The van der Waals surface area contributed by atoms with Gasteiger partial charge in [-0.2, -0.15) is 0 Å². The standard InChI is InChI=1S/C59H62F2N3OSi.Pt/c1-56(2,3)44-31-41(30-42(32-44)50-33-40(28-29-62-50)38-20-15-13-16-21-38)46-24-19-25-52-53(46)63-55(48-35-45(57(4,5)6)36-49(54(48)65)58(7,8)9)64(52)51-27-26-43(59(60,61)37-66(10,11)12)34-47(51)39-22-17-14-18-23-39;/h13-29,31-36,65H,37H2,1-12H3;/q-1;. The van der Waals surface area contributed by atoms with Gasteiger partial charge in [0.1, 0.15) is 11.6 Å². The zero-order valence-corrected chi connectivity index (χ0v) is 44.1. The Balaban J connectivity index is 0.00000666. The number of aromatic hydroxyl groups is 1. The zero-order chi connectivity index (χ0) is 47.6. The van der Waals surface area contributed by atoms with Crippen LogP contribution in [0.2, 0.25) is 25.7 Å². The molecule has 67 heavy (non-hydrogen) atoms. The molecule has 1 N–H and O–H groups in total. The topological polar surface area (TPSA) is 50.9 Å². The third kappa shape index (κ3) is 10.3. The van der Waals surface area contributed by atoms with Gasteiger partial charge in [-0.15, -0.1) is 29.3 Å². The van der Waals surface area contributed by atoms with E-state index in [-0.39, 0.29) is 49.3 Å². The Kier molecular flexibility index (Phi) is 13.4. The smallest absolute Gasteiger partial charge is 0.270 e. The van der Waals surface area contributed by atoms with Crippen molar-refractivity contribution in [1.29, 1.82) is 0 Å². The largest absolute Gasteiger partial charge is 0.507 e. The maximum absolute atomic E-state index is 16.4. The van der Waals surface area contributed by atoms with Gasteiger partial charge in [-0.3, -0.25) is 9.55 Å². The van der Waals surface area contributed by atoms with Crippen LogP contribution in [0.25, 0.3) is 72.7 Å². The van der Waals surface area contributed by atoms with E-state index in [2.05, 4.69) is 121 Å². The van der Waals surface area contributed by atoms with Crippen molar-refractivity contribution in [3.8, 4) is 67.5 Å². The third-order valence-electron chi connectivity index (χ3n) is 12.4. The Labute approximate surface area is 411 Å². The molecule has 0 unspecified atom stereocenters. The number of nitrogens with zero attached hydrogens (tertiary/aromatic N) is 3. The number of benzene rings is 6. The first-order valence-electron chi connectivity index (χ1n) is 23.0. The fourth-order valence-electron chi connectivity index (χ4n) is 8.80. The summed E-state index contributed by atoms with van der Waals surface area (Å²) >= 11 is 0. The van der Waals surface area contributed by atoms with E-state index >= 15 is 8.78 Å². The number of imidazole rings is 1. The first-order chi connectivity index (χ1) is 30.9. The van der Waals surface area contributed by atoms with Crippen molar-refractivity contribution >= 4 is 19.1 Å². The quantitative estimate of drug-likeness (QED) is 0.116. The molecule has 0 amide bonds. The number of aromatic nitrogens is 3. The maximum Gasteiger partial charge on any atom is 0.270 e. The van der Waals surface area contributed by atoms with E-state index in [1.165, 1.54) is 0 Å². The summed E-state index contributed by atoms with van der Waals surface area (Å²) < 4.78 is 34.8. The second kappa shape index (κ2) is 18.2. The molecule has 0 saturated carbocycles. The summed E-state index contributed by atoms with van der Waals surface area (Å²) in [6, 6.07) is 47.5. The third-order valence-corrected chi connectivity index (χ3v) is 13.9. The van der Waals surface area contributed by atoms with E-state index in [1.807, 2.05) is 98.6 Å². The molecule has 8 heteroatoms. The maximum atomic E-state index is 16.4. The van der Waals surface area contributed by atoms with E-state index in [9.17, 15) is 5.11 Å². The molecule has 0 fully saturated rings. The van der Waals surface area contributed by atoms with Crippen LogP contribution in [-0.2, 0) is 43.2 Å². The van der Waals surface area contributed by atoms with Crippen LogP contribution in [0.3, 0.4) is 0 Å². The van der Waals surface area contributed by atoms with Crippen molar-refractivity contribution in [3.63, 3.8) is 0 Å².